The van der Waals surface area contributed by atoms with Crippen molar-refractivity contribution in [1.82, 2.24) is 4.98 Å². The molecule has 1 N–H and O–H groups in total. The summed E-state index contributed by atoms with van der Waals surface area (Å²) in [5, 5.41) is 3.30. The quantitative estimate of drug-likeness (QED) is 0.883. The summed E-state index contributed by atoms with van der Waals surface area (Å²) in [4.78, 5) is 18.4. The molecule has 6 nitrogen and oxygen atoms in total. The molecule has 0 aliphatic carbocycles. The largest absolute Gasteiger partial charge is 0.356 e. The van der Waals surface area contributed by atoms with Gasteiger partial charge in [0.1, 0.15) is 5.82 Å². The van der Waals surface area contributed by atoms with Gasteiger partial charge in [0.15, 0.2) is 9.84 Å². The van der Waals surface area contributed by atoms with E-state index in [0.717, 1.165) is 0 Å². The molecule has 1 aliphatic rings. The Morgan fingerprint density at radius 2 is 2.12 bits per heavy atom. The molecule has 1 atom stereocenters. The van der Waals surface area contributed by atoms with Gasteiger partial charge >= 0.3 is 0 Å². The van der Waals surface area contributed by atoms with E-state index >= 15 is 0 Å². The normalized spacial score (nSPS) is 18.7. The van der Waals surface area contributed by atoms with Crippen LogP contribution >= 0.6 is 11.6 Å². The van der Waals surface area contributed by atoms with Crippen molar-refractivity contribution in [1.29, 1.82) is 0 Å². The third-order valence-corrected chi connectivity index (χ3v) is 6.20. The maximum absolute atomic E-state index is 12.3. The van der Waals surface area contributed by atoms with Crippen molar-refractivity contribution in [2.45, 2.75) is 12.5 Å². The van der Waals surface area contributed by atoms with E-state index in [1.54, 1.807) is 36.4 Å². The van der Waals surface area contributed by atoms with Gasteiger partial charge in [0.05, 0.1) is 17.1 Å². The predicted octanol–water partition coefficient (Wildman–Crippen LogP) is 2.61. The van der Waals surface area contributed by atoms with Gasteiger partial charge in [-0.3, -0.25) is 4.79 Å². The number of rotatable bonds is 4. The molecule has 1 saturated heterocycles. The Kier molecular flexibility index (Phi) is 4.96. The Morgan fingerprint density at radius 1 is 1.32 bits per heavy atom. The van der Waals surface area contributed by atoms with E-state index in [9.17, 15) is 13.2 Å². The molecule has 1 aromatic carbocycles. The molecule has 2 aromatic rings. The van der Waals surface area contributed by atoms with Gasteiger partial charge in [0.25, 0.3) is 5.91 Å². The number of sulfone groups is 1. The second kappa shape index (κ2) is 7.01. The first-order valence-corrected chi connectivity index (χ1v) is 10.0. The lowest BCUT2D eigenvalue weighted by molar-refractivity contribution is 0.102. The highest BCUT2D eigenvalue weighted by Gasteiger charge is 2.31. The molecule has 1 fully saturated rings. The minimum atomic E-state index is -2.95. The topological polar surface area (TPSA) is 79.4 Å². The number of pyridine rings is 1. The Bertz CT molecular complexity index is 884. The van der Waals surface area contributed by atoms with Crippen LogP contribution in [-0.4, -0.2) is 43.9 Å². The maximum Gasteiger partial charge on any atom is 0.257 e. The molecule has 0 bridgehead atoms. The number of nitrogens with one attached hydrogen (secondary N) is 1. The molecule has 1 aromatic heterocycles. The third kappa shape index (κ3) is 4.29. The molecular weight excluding hydrogens is 362 g/mol. The first-order valence-electron chi connectivity index (χ1n) is 7.80. The van der Waals surface area contributed by atoms with Gasteiger partial charge in [-0.05, 0) is 36.8 Å². The standard InChI is InChI=1S/C17H18ClN3O3S/c1-21(15-7-8-25(23,24)11-15)16-6-5-12(10-19-16)17(22)20-14-4-2-3-13(18)9-14/h2-6,9-10,15H,7-8,11H2,1H3,(H,20,22). The zero-order valence-corrected chi connectivity index (χ0v) is 15.2. The van der Waals surface area contributed by atoms with Gasteiger partial charge in [0.2, 0.25) is 0 Å². The number of aromatic nitrogens is 1. The molecule has 0 radical (unpaired) electrons. The minimum absolute atomic E-state index is 0.0800. The monoisotopic (exact) mass is 379 g/mol. The molecule has 8 heteroatoms. The smallest absolute Gasteiger partial charge is 0.257 e. The number of benzene rings is 1. The van der Waals surface area contributed by atoms with Crippen molar-refractivity contribution in [2.24, 2.45) is 0 Å². The Hall–Kier alpha value is -2.12. The van der Waals surface area contributed by atoms with Crippen LogP contribution in [0.4, 0.5) is 11.5 Å². The molecule has 1 unspecified atom stereocenters. The highest BCUT2D eigenvalue weighted by atomic mass is 35.5. The molecule has 3 rings (SSSR count). The van der Waals surface area contributed by atoms with Gasteiger partial charge in [-0.25, -0.2) is 13.4 Å². The number of halogens is 1. The average Bonchev–Trinajstić information content (AvgIpc) is 2.94. The van der Waals surface area contributed by atoms with E-state index in [2.05, 4.69) is 10.3 Å². The molecule has 1 aliphatic heterocycles. The van der Waals surface area contributed by atoms with Crippen LogP contribution in [0.15, 0.2) is 42.6 Å². The van der Waals surface area contributed by atoms with Crippen LogP contribution in [0.2, 0.25) is 5.02 Å². The van der Waals surface area contributed by atoms with Crippen LogP contribution in [0.5, 0.6) is 0 Å². The second-order valence-corrected chi connectivity index (χ2v) is 8.70. The van der Waals surface area contributed by atoms with Crippen molar-refractivity contribution in [2.75, 3.05) is 28.8 Å². The summed E-state index contributed by atoms with van der Waals surface area (Å²) in [7, 11) is -1.13. The second-order valence-electron chi connectivity index (χ2n) is 6.04. The minimum Gasteiger partial charge on any atom is -0.356 e. The lowest BCUT2D eigenvalue weighted by atomic mass is 10.2. The molecule has 25 heavy (non-hydrogen) atoms. The molecule has 2 heterocycles. The van der Waals surface area contributed by atoms with Crippen LogP contribution in [0.25, 0.3) is 0 Å². The summed E-state index contributed by atoms with van der Waals surface area (Å²) in [6, 6.07) is 10.2. The summed E-state index contributed by atoms with van der Waals surface area (Å²) < 4.78 is 23.2. The van der Waals surface area contributed by atoms with E-state index in [0.29, 0.717) is 28.5 Å². The van der Waals surface area contributed by atoms with Crippen molar-refractivity contribution in [3.8, 4) is 0 Å². The van der Waals surface area contributed by atoms with Gasteiger partial charge in [-0.1, -0.05) is 17.7 Å². The van der Waals surface area contributed by atoms with Crippen LogP contribution in [-0.2, 0) is 9.84 Å². The van der Waals surface area contributed by atoms with Crippen molar-refractivity contribution >= 4 is 38.9 Å². The van der Waals surface area contributed by atoms with Gasteiger partial charge in [-0.15, -0.1) is 0 Å². The van der Waals surface area contributed by atoms with Crippen LogP contribution < -0.4 is 10.2 Å². The van der Waals surface area contributed by atoms with Crippen LogP contribution in [0.1, 0.15) is 16.8 Å². The number of carbonyl (C=O) groups excluding carboxylic acids is 1. The van der Waals surface area contributed by atoms with E-state index < -0.39 is 9.84 Å². The van der Waals surface area contributed by atoms with E-state index in [-0.39, 0.29) is 23.5 Å². The number of anilines is 2. The lowest BCUT2D eigenvalue weighted by Crippen LogP contribution is -2.33. The fourth-order valence-electron chi connectivity index (χ4n) is 2.77. The molecule has 132 valence electrons. The van der Waals surface area contributed by atoms with Crippen LogP contribution in [0.3, 0.4) is 0 Å². The Labute approximate surface area is 151 Å². The highest BCUT2D eigenvalue weighted by molar-refractivity contribution is 7.91. The van der Waals surface area contributed by atoms with E-state index in [1.807, 2.05) is 11.9 Å². The fourth-order valence-corrected chi connectivity index (χ4v) is 4.73. The van der Waals surface area contributed by atoms with Gasteiger partial charge in [-0.2, -0.15) is 0 Å². The highest BCUT2D eigenvalue weighted by Crippen LogP contribution is 2.22. The summed E-state index contributed by atoms with van der Waals surface area (Å²) in [6.45, 7) is 0. The third-order valence-electron chi connectivity index (χ3n) is 4.21. The lowest BCUT2D eigenvalue weighted by Gasteiger charge is -2.24. The molecular formula is C17H18ClN3O3S. The number of hydrogen-bond acceptors (Lipinski definition) is 5. The molecule has 0 spiro atoms. The zero-order chi connectivity index (χ0) is 18.0. The van der Waals surface area contributed by atoms with Crippen molar-refractivity contribution in [3.63, 3.8) is 0 Å². The maximum atomic E-state index is 12.3. The van der Waals surface area contributed by atoms with Crippen LogP contribution in [0, 0.1) is 0 Å². The predicted molar refractivity (Wildman–Crippen MR) is 99.1 cm³/mol. The summed E-state index contributed by atoms with van der Waals surface area (Å²) in [6.07, 6.45) is 2.08. The number of amides is 1. The van der Waals surface area contributed by atoms with Crippen molar-refractivity contribution < 1.29 is 13.2 Å². The van der Waals surface area contributed by atoms with E-state index in [4.69, 9.17) is 11.6 Å². The van der Waals surface area contributed by atoms with Gasteiger partial charge < -0.3 is 10.2 Å². The first kappa shape index (κ1) is 17.7. The van der Waals surface area contributed by atoms with Gasteiger partial charge in [0, 0.05) is 30.0 Å². The number of nitrogens with zero attached hydrogens (tertiary/aromatic N) is 2. The summed E-state index contributed by atoms with van der Waals surface area (Å²) in [5.41, 5.74) is 1.02. The van der Waals surface area contributed by atoms with Crippen molar-refractivity contribution in [3.05, 3.63) is 53.2 Å². The molecule has 1 amide bonds. The average molecular weight is 380 g/mol. The van der Waals surface area contributed by atoms with E-state index in [1.165, 1.54) is 6.20 Å². The number of carbonyl (C=O) groups is 1. The fraction of sp³-hybridized carbons (Fsp3) is 0.294. The molecule has 0 saturated carbocycles. The summed E-state index contributed by atoms with van der Waals surface area (Å²) >= 11 is 5.90. The SMILES string of the molecule is CN(c1ccc(C(=O)Nc2cccc(Cl)c2)cn1)C1CCS(=O)(=O)C1. The zero-order valence-electron chi connectivity index (χ0n) is 13.6. The Balaban J connectivity index is 1.68. The number of hydrogen-bond donors (Lipinski definition) is 1. The summed E-state index contributed by atoms with van der Waals surface area (Å²) in [5.74, 6) is 0.707. The Morgan fingerprint density at radius 3 is 2.72 bits per heavy atom. The first-order chi connectivity index (χ1) is 11.8.